The molecule has 0 amide bonds. The molecule has 2 aliphatic rings. The van der Waals surface area contributed by atoms with Crippen LogP contribution in [-0.4, -0.2) is 43.9 Å². The third kappa shape index (κ3) is 4.21. The van der Waals surface area contributed by atoms with Crippen LogP contribution in [-0.2, 0) is 0 Å². The molecule has 10 heteroatoms. The molecule has 2 fully saturated rings. The van der Waals surface area contributed by atoms with Crippen LogP contribution in [0.4, 0.5) is 16.2 Å². The Bertz CT molecular complexity index is 1090. The first-order valence-corrected chi connectivity index (χ1v) is 11.2. The number of anilines is 2. The van der Waals surface area contributed by atoms with Crippen molar-refractivity contribution in [1.29, 1.82) is 0 Å². The Hall–Kier alpha value is -2.94. The monoisotopic (exact) mass is 457 g/mol. The van der Waals surface area contributed by atoms with E-state index in [1.165, 1.54) is 18.5 Å². The van der Waals surface area contributed by atoms with Crippen molar-refractivity contribution in [3.63, 3.8) is 0 Å². The maximum Gasteiger partial charge on any atom is 0.322 e. The van der Waals surface area contributed by atoms with Crippen LogP contribution in [0.1, 0.15) is 32.7 Å². The van der Waals surface area contributed by atoms with Crippen molar-refractivity contribution in [2.45, 2.75) is 38.8 Å². The first-order valence-electron chi connectivity index (χ1n) is 10.9. The van der Waals surface area contributed by atoms with E-state index in [0.29, 0.717) is 34.7 Å². The standard InChI is InChI=1S/C22H25ClFN7O/c1-13(2)31-22(32-17-5-3-4-16(24)8-17)28-21(29-31)27-20-14-6-7-15(20)11-30(10-14)19-9-18(23)25-12-26-19/h3-5,8-9,12-15,20H,6-7,10-11H2,1-2H3,(H,27,29)/t14-,15+,20?. The molecule has 1 aliphatic heterocycles. The van der Waals surface area contributed by atoms with Gasteiger partial charge < -0.3 is 15.0 Å². The minimum Gasteiger partial charge on any atom is -0.424 e. The number of hydrogen-bond acceptors (Lipinski definition) is 7. The molecule has 1 saturated heterocycles. The van der Waals surface area contributed by atoms with Gasteiger partial charge in [-0.25, -0.2) is 19.0 Å². The maximum absolute atomic E-state index is 13.6. The molecule has 3 atom stereocenters. The molecule has 2 aromatic heterocycles. The largest absolute Gasteiger partial charge is 0.424 e. The fourth-order valence-electron chi connectivity index (χ4n) is 4.70. The zero-order chi connectivity index (χ0) is 22.2. The lowest BCUT2D eigenvalue weighted by Gasteiger charge is -2.38. The Morgan fingerprint density at radius 1 is 1.16 bits per heavy atom. The van der Waals surface area contributed by atoms with Crippen LogP contribution >= 0.6 is 11.6 Å². The molecule has 0 spiro atoms. The minimum absolute atomic E-state index is 0.0442. The molecule has 3 heterocycles. The van der Waals surface area contributed by atoms with E-state index in [1.807, 2.05) is 19.9 Å². The van der Waals surface area contributed by atoms with Crippen molar-refractivity contribution in [1.82, 2.24) is 24.7 Å². The predicted octanol–water partition coefficient (Wildman–Crippen LogP) is 4.56. The lowest BCUT2D eigenvalue weighted by atomic mass is 9.92. The van der Waals surface area contributed by atoms with Crippen LogP contribution in [0.5, 0.6) is 11.8 Å². The van der Waals surface area contributed by atoms with Crippen LogP contribution in [0.25, 0.3) is 0 Å². The molecule has 1 aliphatic carbocycles. The SMILES string of the molecule is CC(C)n1nc(NC2[C@@H]3CC[C@H]2CN(c2cc(Cl)ncn2)C3)nc1Oc1cccc(F)c1. The average Bonchev–Trinajstić information content (AvgIpc) is 3.24. The number of halogens is 2. The molecule has 1 N–H and O–H groups in total. The van der Waals surface area contributed by atoms with Crippen LogP contribution < -0.4 is 15.0 Å². The third-order valence-corrected chi connectivity index (χ3v) is 6.37. The number of ether oxygens (including phenoxy) is 1. The maximum atomic E-state index is 13.6. The quantitative estimate of drug-likeness (QED) is 0.543. The van der Waals surface area contributed by atoms with Gasteiger partial charge in [0.2, 0.25) is 5.95 Å². The highest BCUT2D eigenvalue weighted by Gasteiger charge is 2.43. The number of aromatic nitrogens is 5. The number of fused-ring (bicyclic) bond motifs is 2. The molecule has 1 unspecified atom stereocenters. The van der Waals surface area contributed by atoms with E-state index in [1.54, 1.807) is 16.8 Å². The second-order valence-electron chi connectivity index (χ2n) is 8.69. The third-order valence-electron chi connectivity index (χ3n) is 6.17. The normalized spacial score (nSPS) is 22.4. The van der Waals surface area contributed by atoms with Crippen molar-refractivity contribution in [3.8, 4) is 11.8 Å². The average molecular weight is 458 g/mol. The summed E-state index contributed by atoms with van der Waals surface area (Å²) in [7, 11) is 0. The number of rotatable bonds is 6. The summed E-state index contributed by atoms with van der Waals surface area (Å²) in [6.45, 7) is 5.79. The molecule has 1 saturated carbocycles. The lowest BCUT2D eigenvalue weighted by Crippen LogP contribution is -2.48. The topological polar surface area (TPSA) is 81.0 Å². The molecular formula is C22H25ClFN7O. The van der Waals surface area contributed by atoms with Crippen molar-refractivity contribution in [2.75, 3.05) is 23.3 Å². The highest BCUT2D eigenvalue weighted by atomic mass is 35.5. The van der Waals surface area contributed by atoms with Gasteiger partial charge in [-0.1, -0.05) is 17.7 Å². The first kappa shape index (κ1) is 20.9. The van der Waals surface area contributed by atoms with E-state index in [0.717, 1.165) is 31.7 Å². The van der Waals surface area contributed by atoms with Gasteiger partial charge >= 0.3 is 6.01 Å². The number of piperidine rings is 1. The van der Waals surface area contributed by atoms with Gasteiger partial charge in [-0.15, -0.1) is 5.10 Å². The number of hydrogen-bond donors (Lipinski definition) is 1. The van der Waals surface area contributed by atoms with Gasteiger partial charge in [-0.2, -0.15) is 4.98 Å². The summed E-state index contributed by atoms with van der Waals surface area (Å²) in [5, 5.41) is 8.64. The van der Waals surface area contributed by atoms with Crippen molar-refractivity contribution in [2.24, 2.45) is 11.8 Å². The van der Waals surface area contributed by atoms with Crippen LogP contribution in [0, 0.1) is 17.7 Å². The molecule has 2 bridgehead atoms. The smallest absolute Gasteiger partial charge is 0.322 e. The highest BCUT2D eigenvalue weighted by molar-refractivity contribution is 6.29. The van der Waals surface area contributed by atoms with Crippen molar-refractivity contribution >= 4 is 23.4 Å². The number of benzene rings is 1. The van der Waals surface area contributed by atoms with Crippen molar-refractivity contribution in [3.05, 3.63) is 47.6 Å². The molecule has 32 heavy (non-hydrogen) atoms. The van der Waals surface area contributed by atoms with Gasteiger partial charge in [0.1, 0.15) is 28.9 Å². The lowest BCUT2D eigenvalue weighted by molar-refractivity contribution is 0.373. The van der Waals surface area contributed by atoms with E-state index in [9.17, 15) is 4.39 Å². The Kier molecular flexibility index (Phi) is 5.58. The number of nitrogens with one attached hydrogen (secondary N) is 1. The summed E-state index contributed by atoms with van der Waals surface area (Å²) >= 11 is 6.06. The molecular weight excluding hydrogens is 433 g/mol. The van der Waals surface area contributed by atoms with Gasteiger partial charge in [0.05, 0.1) is 6.04 Å². The second-order valence-corrected chi connectivity index (χ2v) is 9.07. The summed E-state index contributed by atoms with van der Waals surface area (Å²) in [5.74, 6) is 2.33. The Labute approximate surface area is 190 Å². The van der Waals surface area contributed by atoms with Crippen molar-refractivity contribution < 1.29 is 9.13 Å². The summed E-state index contributed by atoms with van der Waals surface area (Å²) in [6, 6.07) is 8.49. The van der Waals surface area contributed by atoms with E-state index < -0.39 is 0 Å². The molecule has 0 radical (unpaired) electrons. The van der Waals surface area contributed by atoms with Crippen LogP contribution in [0.3, 0.4) is 0 Å². The van der Waals surface area contributed by atoms with Gasteiger partial charge in [-0.3, -0.25) is 0 Å². The van der Waals surface area contributed by atoms with E-state index in [4.69, 9.17) is 16.3 Å². The fraction of sp³-hybridized carbons (Fsp3) is 0.455. The minimum atomic E-state index is -0.357. The van der Waals surface area contributed by atoms with Gasteiger partial charge in [-0.05, 0) is 50.7 Å². The van der Waals surface area contributed by atoms with E-state index >= 15 is 0 Å². The van der Waals surface area contributed by atoms with Crippen LogP contribution in [0.15, 0.2) is 36.7 Å². The van der Waals surface area contributed by atoms with Gasteiger partial charge in [0.25, 0.3) is 0 Å². The molecule has 1 aromatic carbocycles. The molecule has 3 aromatic rings. The summed E-state index contributed by atoms with van der Waals surface area (Å²) in [5.41, 5.74) is 0. The Morgan fingerprint density at radius 3 is 2.62 bits per heavy atom. The van der Waals surface area contributed by atoms with Gasteiger partial charge in [0.15, 0.2) is 0 Å². The summed E-state index contributed by atoms with van der Waals surface area (Å²) in [6.07, 6.45) is 3.77. The first-order chi connectivity index (χ1) is 15.5. The number of nitrogens with zero attached hydrogens (tertiary/aromatic N) is 6. The van der Waals surface area contributed by atoms with E-state index in [2.05, 4.69) is 30.3 Å². The summed E-state index contributed by atoms with van der Waals surface area (Å²) < 4.78 is 21.1. The predicted molar refractivity (Wildman–Crippen MR) is 120 cm³/mol. The highest BCUT2D eigenvalue weighted by Crippen LogP contribution is 2.40. The van der Waals surface area contributed by atoms with Crippen LogP contribution in [0.2, 0.25) is 5.15 Å². The fourth-order valence-corrected chi connectivity index (χ4v) is 4.84. The zero-order valence-corrected chi connectivity index (χ0v) is 18.7. The Morgan fingerprint density at radius 2 is 1.94 bits per heavy atom. The molecule has 5 rings (SSSR count). The second kappa shape index (κ2) is 8.54. The Balaban J connectivity index is 1.32. The zero-order valence-electron chi connectivity index (χ0n) is 17.9. The van der Waals surface area contributed by atoms with E-state index in [-0.39, 0.29) is 17.9 Å². The molecule has 8 nitrogen and oxygen atoms in total. The summed E-state index contributed by atoms with van der Waals surface area (Å²) in [4.78, 5) is 15.2. The van der Waals surface area contributed by atoms with Gasteiger partial charge in [0, 0.05) is 31.3 Å². The molecule has 168 valence electrons.